The predicted molar refractivity (Wildman–Crippen MR) is 79.4 cm³/mol. The van der Waals surface area contributed by atoms with Gasteiger partial charge in [0.25, 0.3) is 5.79 Å². The summed E-state index contributed by atoms with van der Waals surface area (Å²) in [6.07, 6.45) is 0. The number of rotatable bonds is 4. The minimum atomic E-state index is -1.96. The van der Waals surface area contributed by atoms with Crippen molar-refractivity contribution in [2.45, 2.75) is 5.79 Å². The van der Waals surface area contributed by atoms with Gasteiger partial charge in [-0.2, -0.15) is 0 Å². The van der Waals surface area contributed by atoms with Gasteiger partial charge in [-0.3, -0.25) is 5.73 Å². The molecule has 8 heteroatoms. The Bertz CT molecular complexity index is 154. The molecule has 0 radical (unpaired) electrons. The van der Waals surface area contributed by atoms with E-state index in [9.17, 15) is 9.81 Å². The van der Waals surface area contributed by atoms with Crippen LogP contribution in [0.15, 0.2) is 49.8 Å². The van der Waals surface area contributed by atoms with Gasteiger partial charge in [0, 0.05) is 13.1 Å². The molecule has 0 saturated carbocycles. The third-order valence-electron chi connectivity index (χ3n) is 0.783. The maximum atomic E-state index is 9.54. The van der Waals surface area contributed by atoms with E-state index in [1.54, 1.807) is 0 Å². The molecule has 8 N–H and O–H groups in total. The highest BCUT2D eigenvalue weighted by Gasteiger charge is 2.24. The van der Waals surface area contributed by atoms with Gasteiger partial charge in [0.05, 0.1) is 6.54 Å². The third kappa shape index (κ3) is 36.7. The molecule has 0 aliphatic heterocycles. The molecule has 0 spiro atoms. The van der Waals surface area contributed by atoms with Crippen LogP contribution < -0.4 is 22.9 Å². The fourth-order valence-electron chi connectivity index (χ4n) is 0.0912. The summed E-state index contributed by atoms with van der Waals surface area (Å²) < 4.78 is 0. The summed E-state index contributed by atoms with van der Waals surface area (Å²) in [5.41, 5.74) is 19.4. The Balaban J connectivity index is -0.0000000477. The first kappa shape index (κ1) is 29.9. The van der Waals surface area contributed by atoms with Crippen LogP contribution in [-0.2, 0) is 0 Å². The predicted octanol–water partition coefficient (Wildman–Crippen LogP) is 0.401. The molecule has 0 aromatic rings. The number of nitrogens with zero attached hydrogens (tertiary/aromatic N) is 2. The van der Waals surface area contributed by atoms with Crippen LogP contribution in [0, 0.1) is 9.81 Å². The van der Waals surface area contributed by atoms with E-state index in [4.69, 9.17) is 22.9 Å². The molecule has 0 fully saturated rings. The molecule has 0 rings (SSSR count). The topological polar surface area (TPSA) is 163 Å². The van der Waals surface area contributed by atoms with Crippen molar-refractivity contribution in [2.75, 3.05) is 19.6 Å². The van der Waals surface area contributed by atoms with Crippen molar-refractivity contribution in [1.29, 1.82) is 0 Å². The molecule has 0 bridgehead atoms. The number of hydrogen-bond donors (Lipinski definition) is 4. The number of hydrogen-bond acceptors (Lipinski definition) is 8. The van der Waals surface area contributed by atoms with Crippen LogP contribution in [-0.4, -0.2) is 25.4 Å². The monoisotopic (exact) mass is 262 g/mol. The van der Waals surface area contributed by atoms with Crippen LogP contribution >= 0.6 is 0 Å². The van der Waals surface area contributed by atoms with Crippen LogP contribution in [0.25, 0.3) is 0 Å². The third-order valence-corrected chi connectivity index (χ3v) is 0.783. The highest BCUT2D eigenvalue weighted by Crippen LogP contribution is 1.98. The van der Waals surface area contributed by atoms with E-state index in [0.29, 0.717) is 13.1 Å². The number of nitrogens with two attached hydrogens (primary N) is 4. The fourth-order valence-corrected chi connectivity index (χ4v) is 0.0912. The fraction of sp³-hybridized carbons (Fsp3) is 0.400. The zero-order chi connectivity index (χ0) is 16.0. The quantitative estimate of drug-likeness (QED) is 0.423. The zero-order valence-corrected chi connectivity index (χ0v) is 10.9. The van der Waals surface area contributed by atoms with E-state index < -0.39 is 5.79 Å². The van der Waals surface area contributed by atoms with Gasteiger partial charge in [0.2, 0.25) is 0 Å². The molecule has 0 amide bonds. The van der Waals surface area contributed by atoms with E-state index in [2.05, 4.69) is 49.8 Å². The first-order chi connectivity index (χ1) is 8.60. The van der Waals surface area contributed by atoms with Gasteiger partial charge < -0.3 is 17.2 Å². The lowest BCUT2D eigenvalue weighted by Gasteiger charge is -2.05. The molecule has 0 aliphatic rings. The van der Waals surface area contributed by atoms with Crippen LogP contribution in [0.1, 0.15) is 0 Å². The molecule has 8 nitrogen and oxygen atoms in total. The summed E-state index contributed by atoms with van der Waals surface area (Å²) >= 11 is 0. The van der Waals surface area contributed by atoms with Crippen molar-refractivity contribution >= 4 is 0 Å². The van der Waals surface area contributed by atoms with E-state index in [0.717, 1.165) is 0 Å². The van der Waals surface area contributed by atoms with E-state index in [1.165, 1.54) is 0 Å². The normalized spacial score (nSPS) is 7.11. The molecule has 0 heterocycles. The lowest BCUT2D eigenvalue weighted by molar-refractivity contribution is 0.473. The van der Waals surface area contributed by atoms with E-state index in [1.807, 2.05) is 0 Å². The van der Waals surface area contributed by atoms with Gasteiger partial charge in [-0.05, 0) is 10.4 Å². The second kappa shape index (κ2) is 36.2. The van der Waals surface area contributed by atoms with E-state index >= 15 is 0 Å². The highest BCUT2D eigenvalue weighted by atomic mass is 16.3. The Morgan fingerprint density at radius 2 is 1.00 bits per heavy atom. The Morgan fingerprint density at radius 3 is 1.00 bits per heavy atom. The highest BCUT2D eigenvalue weighted by molar-refractivity contribution is 4.77. The first-order valence-electron chi connectivity index (χ1n) is 4.68. The van der Waals surface area contributed by atoms with Crippen LogP contribution in [0.2, 0.25) is 0 Å². The average Bonchev–Trinajstić information content (AvgIpc) is 2.52. The smallest absolute Gasteiger partial charge is 0.294 e. The van der Waals surface area contributed by atoms with Gasteiger partial charge >= 0.3 is 0 Å². The Labute approximate surface area is 109 Å². The molecule has 0 aromatic heterocycles. The maximum absolute atomic E-state index is 9.54. The zero-order valence-electron chi connectivity index (χ0n) is 10.9. The van der Waals surface area contributed by atoms with Gasteiger partial charge in [-0.25, -0.2) is 0 Å². The molecule has 0 unspecified atom stereocenters. The summed E-state index contributed by atoms with van der Waals surface area (Å²) in [5, 5.41) is 4.36. The maximum Gasteiger partial charge on any atom is 0.294 e. The Kier molecular flexibility index (Phi) is 60.0. The lowest BCUT2D eigenvalue weighted by atomic mass is 10.4. The summed E-state index contributed by atoms with van der Waals surface area (Å²) in [7, 11) is 0. The van der Waals surface area contributed by atoms with Crippen LogP contribution in [0.4, 0.5) is 0 Å². The molecule has 0 saturated heterocycles. The van der Waals surface area contributed by atoms with Gasteiger partial charge in [0.1, 0.15) is 0 Å². The molecular weight excluding hydrogens is 236 g/mol. The molecule has 108 valence electrons. The van der Waals surface area contributed by atoms with E-state index in [-0.39, 0.29) is 6.54 Å². The van der Waals surface area contributed by atoms with Gasteiger partial charge in [-0.1, -0.05) is 0 Å². The molecule has 0 aliphatic carbocycles. The second-order valence-corrected chi connectivity index (χ2v) is 1.84. The summed E-state index contributed by atoms with van der Waals surface area (Å²) in [6, 6.07) is 0. The van der Waals surface area contributed by atoms with Crippen molar-refractivity contribution in [1.82, 2.24) is 0 Å². The van der Waals surface area contributed by atoms with Crippen molar-refractivity contribution in [2.24, 2.45) is 33.3 Å². The molecule has 0 atom stereocenters. The van der Waals surface area contributed by atoms with Crippen molar-refractivity contribution in [3.8, 4) is 0 Å². The molecule has 18 heavy (non-hydrogen) atoms. The SMILES string of the molecule is C=C.C=C.C=C.NCC(N)(N=O)N=O.NCCN. The van der Waals surface area contributed by atoms with Gasteiger partial charge in [0.15, 0.2) is 0 Å². The van der Waals surface area contributed by atoms with Crippen LogP contribution in [0.3, 0.4) is 0 Å². The number of nitroso groups, excluding NO2 is 2. The standard InChI is InChI=1S/C2H6N4O2.C2H8N2.3C2H4/c3-1-2(4,5-7)6-8;3-1-2-4;3*1-2/h1,3-4H2;1-4H2;3*1-2H2. The second-order valence-electron chi connectivity index (χ2n) is 1.84. The minimum Gasteiger partial charge on any atom is -0.329 e. The molecule has 0 aromatic carbocycles. The summed E-state index contributed by atoms with van der Waals surface area (Å²) in [4.78, 5) is 19.1. The van der Waals surface area contributed by atoms with Crippen molar-refractivity contribution in [3.63, 3.8) is 0 Å². The minimum absolute atomic E-state index is 0.361. The van der Waals surface area contributed by atoms with Crippen molar-refractivity contribution < 1.29 is 0 Å². The largest absolute Gasteiger partial charge is 0.329 e. The lowest BCUT2D eigenvalue weighted by Crippen LogP contribution is -2.42. The summed E-state index contributed by atoms with van der Waals surface area (Å²) in [5.74, 6) is -1.96. The average molecular weight is 262 g/mol. The van der Waals surface area contributed by atoms with Crippen LogP contribution in [0.5, 0.6) is 0 Å². The first-order valence-corrected chi connectivity index (χ1v) is 4.68. The molecular formula is C10H26N6O2. The summed E-state index contributed by atoms with van der Waals surface area (Å²) in [6.45, 7) is 18.8. The van der Waals surface area contributed by atoms with Gasteiger partial charge in [-0.15, -0.1) is 49.3 Å². The Morgan fingerprint density at radius 1 is 0.778 bits per heavy atom. The Hall–Kier alpha value is -1.74. The van der Waals surface area contributed by atoms with Crippen molar-refractivity contribution in [3.05, 3.63) is 49.3 Å².